The first-order chi connectivity index (χ1) is 21.9. The fourth-order valence-corrected chi connectivity index (χ4v) is 9.37. The SMILES string of the molecule is [C-]#[N+]c1c(N)sc2c(F)ccc(-c3c(Cl)cc4c(N5CCC[C@@H](S(N)(=O)=O)C5)nc(OC[C@@]56CCCN5C[C@H](F)C6)nc4c3F)c12. The predicted octanol–water partition coefficient (Wildman–Crippen LogP) is 5.79. The number of fused-ring (bicyclic) bond motifs is 3. The molecule has 3 aliphatic heterocycles. The predicted molar refractivity (Wildman–Crippen MR) is 173 cm³/mol. The number of aromatic nitrogens is 2. The number of rotatable bonds is 6. The van der Waals surface area contributed by atoms with Crippen molar-refractivity contribution in [3.8, 4) is 17.1 Å². The molecular weight excluding hydrogens is 663 g/mol. The number of piperidine rings is 1. The zero-order chi connectivity index (χ0) is 32.5. The van der Waals surface area contributed by atoms with E-state index in [0.717, 1.165) is 36.8 Å². The third-order valence-corrected chi connectivity index (χ3v) is 12.0. The van der Waals surface area contributed by atoms with Gasteiger partial charge >= 0.3 is 6.01 Å². The zero-order valence-electron chi connectivity index (χ0n) is 24.4. The van der Waals surface area contributed by atoms with Crippen LogP contribution < -0.4 is 20.5 Å². The van der Waals surface area contributed by atoms with Gasteiger partial charge < -0.3 is 15.4 Å². The highest BCUT2D eigenvalue weighted by molar-refractivity contribution is 7.89. The Kier molecular flexibility index (Phi) is 7.71. The number of hydrogen-bond acceptors (Lipinski definition) is 9. The number of nitrogen functional groups attached to an aromatic ring is 1. The second kappa shape index (κ2) is 11.4. The van der Waals surface area contributed by atoms with Crippen LogP contribution in [0.15, 0.2) is 18.2 Å². The third-order valence-electron chi connectivity index (χ3n) is 9.39. The molecule has 3 atom stereocenters. The molecule has 0 spiro atoms. The summed E-state index contributed by atoms with van der Waals surface area (Å²) in [5, 5.41) is 5.00. The van der Waals surface area contributed by atoms with Gasteiger partial charge in [-0.2, -0.15) is 9.97 Å². The molecule has 0 unspecified atom stereocenters. The van der Waals surface area contributed by atoms with Crippen molar-refractivity contribution in [3.05, 3.63) is 46.3 Å². The van der Waals surface area contributed by atoms with Crippen LogP contribution in [0.5, 0.6) is 6.01 Å². The lowest BCUT2D eigenvalue weighted by Gasteiger charge is -2.33. The van der Waals surface area contributed by atoms with Crippen LogP contribution in [0.2, 0.25) is 5.02 Å². The van der Waals surface area contributed by atoms with Crippen LogP contribution in [-0.2, 0) is 10.0 Å². The van der Waals surface area contributed by atoms with Crippen molar-refractivity contribution < 1.29 is 26.3 Å². The topological polar surface area (TPSA) is 132 Å². The lowest BCUT2D eigenvalue weighted by molar-refractivity contribution is 0.107. The summed E-state index contributed by atoms with van der Waals surface area (Å²) >= 11 is 7.64. The van der Waals surface area contributed by atoms with Crippen molar-refractivity contribution in [1.29, 1.82) is 0 Å². The summed E-state index contributed by atoms with van der Waals surface area (Å²) < 4.78 is 76.9. The van der Waals surface area contributed by atoms with E-state index in [1.165, 1.54) is 12.1 Å². The van der Waals surface area contributed by atoms with E-state index in [2.05, 4.69) is 19.7 Å². The van der Waals surface area contributed by atoms with Crippen LogP contribution in [0, 0.1) is 18.2 Å². The van der Waals surface area contributed by atoms with Gasteiger partial charge in [0.15, 0.2) is 5.82 Å². The number of ether oxygens (including phenoxy) is 1. The molecule has 0 saturated carbocycles. The van der Waals surface area contributed by atoms with Gasteiger partial charge in [-0.25, -0.2) is 31.6 Å². The molecule has 242 valence electrons. The molecule has 4 aromatic rings. The molecular formula is C30H29ClF3N7O3S2. The number of hydrogen-bond donors (Lipinski definition) is 2. The van der Waals surface area contributed by atoms with E-state index in [-0.39, 0.29) is 72.8 Å². The number of thiophene rings is 1. The minimum atomic E-state index is -3.88. The Bertz CT molecular complexity index is 2060. The van der Waals surface area contributed by atoms with Gasteiger partial charge in [-0.15, -0.1) is 11.3 Å². The number of nitrogens with zero attached hydrogens (tertiary/aromatic N) is 5. The van der Waals surface area contributed by atoms with Gasteiger partial charge in [0.1, 0.15) is 29.9 Å². The van der Waals surface area contributed by atoms with Crippen LogP contribution in [0.4, 0.5) is 29.7 Å². The fraction of sp³-hybridized carbons (Fsp3) is 0.433. The smallest absolute Gasteiger partial charge is 0.319 e. The molecule has 3 fully saturated rings. The van der Waals surface area contributed by atoms with Crippen LogP contribution in [-0.4, -0.2) is 73.0 Å². The first kappa shape index (κ1) is 31.2. The highest BCUT2D eigenvalue weighted by Crippen LogP contribution is 2.49. The molecule has 0 amide bonds. The molecule has 3 aliphatic rings. The Morgan fingerprint density at radius 1 is 1.22 bits per heavy atom. The van der Waals surface area contributed by atoms with Crippen molar-refractivity contribution in [1.82, 2.24) is 14.9 Å². The minimum Gasteiger partial charge on any atom is -0.461 e. The molecule has 7 rings (SSSR count). The van der Waals surface area contributed by atoms with E-state index in [1.807, 2.05) is 0 Å². The fourth-order valence-electron chi connectivity index (χ4n) is 7.25. The van der Waals surface area contributed by atoms with Crippen molar-refractivity contribution in [2.45, 2.75) is 49.1 Å². The summed E-state index contributed by atoms with van der Waals surface area (Å²) in [5.41, 5.74) is 5.37. The zero-order valence-corrected chi connectivity index (χ0v) is 26.8. The van der Waals surface area contributed by atoms with E-state index in [0.29, 0.717) is 32.4 Å². The Balaban J connectivity index is 1.40. The molecule has 4 N–H and O–H groups in total. The van der Waals surface area contributed by atoms with Crippen molar-refractivity contribution in [3.63, 3.8) is 0 Å². The standard InChI is InChI=1S/C30H29ClF3N7O3S2/c1-37-25-22-17(5-6-20(33)26(22)45-27(25)35)21-19(31)10-18-24(23(21)34)38-29(44-14-30-7-3-9-41(30)12-15(32)11-30)39-28(18)40-8-2-4-16(13-40)46(36,42)43/h5-6,10,15-16H,2-4,7-9,11-14,35H2,(H2,36,42,43)/t15-,16-,30+/m1/s1. The van der Waals surface area contributed by atoms with Gasteiger partial charge in [-0.1, -0.05) is 17.7 Å². The van der Waals surface area contributed by atoms with Gasteiger partial charge in [0.25, 0.3) is 0 Å². The third kappa shape index (κ3) is 5.11. The summed E-state index contributed by atoms with van der Waals surface area (Å²) in [6, 6.07) is 3.81. The van der Waals surface area contributed by atoms with Crippen LogP contribution >= 0.6 is 22.9 Å². The Morgan fingerprint density at radius 2 is 2.02 bits per heavy atom. The number of primary sulfonamides is 1. The van der Waals surface area contributed by atoms with E-state index >= 15 is 4.39 Å². The number of nitrogens with two attached hydrogens (primary N) is 2. The second-order valence-electron chi connectivity index (χ2n) is 12.2. The summed E-state index contributed by atoms with van der Waals surface area (Å²) in [4.78, 5) is 16.3. The largest absolute Gasteiger partial charge is 0.461 e. The number of anilines is 2. The van der Waals surface area contributed by atoms with Crippen molar-refractivity contribution >= 4 is 70.5 Å². The highest BCUT2D eigenvalue weighted by atomic mass is 35.5. The Labute approximate surface area is 271 Å². The molecule has 5 heterocycles. The Morgan fingerprint density at radius 3 is 2.78 bits per heavy atom. The van der Waals surface area contributed by atoms with E-state index < -0.39 is 38.6 Å². The normalized spacial score (nSPS) is 23.7. The average molecular weight is 692 g/mol. The number of benzene rings is 2. The van der Waals surface area contributed by atoms with Gasteiger partial charge in [-0.05, 0) is 49.9 Å². The number of alkyl halides is 1. The van der Waals surface area contributed by atoms with Crippen LogP contribution in [0.25, 0.3) is 37.0 Å². The van der Waals surface area contributed by atoms with E-state index in [1.54, 1.807) is 4.90 Å². The maximum Gasteiger partial charge on any atom is 0.319 e. The Hall–Kier alpha value is -3.42. The molecule has 10 nitrogen and oxygen atoms in total. The molecule has 46 heavy (non-hydrogen) atoms. The first-order valence-electron chi connectivity index (χ1n) is 14.8. The van der Waals surface area contributed by atoms with Crippen molar-refractivity contribution in [2.75, 3.05) is 43.4 Å². The van der Waals surface area contributed by atoms with Gasteiger partial charge in [-0.3, -0.25) is 4.90 Å². The maximum atomic E-state index is 16.9. The molecule has 0 bridgehead atoms. The summed E-state index contributed by atoms with van der Waals surface area (Å²) in [7, 11) is -3.88. The quantitative estimate of drug-likeness (QED) is 0.243. The molecule has 16 heteroatoms. The summed E-state index contributed by atoms with van der Waals surface area (Å²) in [5.74, 6) is -1.27. The molecule has 0 radical (unpaired) electrons. The van der Waals surface area contributed by atoms with Crippen LogP contribution in [0.3, 0.4) is 0 Å². The minimum absolute atomic E-state index is 0.00769. The monoisotopic (exact) mass is 691 g/mol. The molecule has 3 saturated heterocycles. The van der Waals surface area contributed by atoms with Gasteiger partial charge in [0, 0.05) is 42.4 Å². The average Bonchev–Trinajstić information content (AvgIpc) is 3.66. The number of halogens is 4. The second-order valence-corrected chi connectivity index (χ2v) is 15.5. The van der Waals surface area contributed by atoms with Gasteiger partial charge in [0.05, 0.1) is 32.1 Å². The van der Waals surface area contributed by atoms with E-state index in [9.17, 15) is 17.2 Å². The van der Waals surface area contributed by atoms with Gasteiger partial charge in [0.2, 0.25) is 15.7 Å². The summed E-state index contributed by atoms with van der Waals surface area (Å²) in [6.45, 7) is 9.20. The number of sulfonamides is 1. The highest BCUT2D eigenvalue weighted by Gasteiger charge is 2.49. The molecule has 2 aromatic heterocycles. The first-order valence-corrected chi connectivity index (χ1v) is 17.6. The van der Waals surface area contributed by atoms with E-state index in [4.69, 9.17) is 33.8 Å². The maximum absolute atomic E-state index is 16.9. The lowest BCUT2D eigenvalue weighted by Crippen LogP contribution is -2.45. The van der Waals surface area contributed by atoms with Crippen LogP contribution in [0.1, 0.15) is 32.1 Å². The van der Waals surface area contributed by atoms with Crippen molar-refractivity contribution in [2.24, 2.45) is 5.14 Å². The molecule has 2 aromatic carbocycles. The summed E-state index contributed by atoms with van der Waals surface area (Å²) in [6.07, 6.45) is 1.79. The lowest BCUT2D eigenvalue weighted by atomic mass is 9.95. The molecule has 0 aliphatic carbocycles.